The molecule has 0 heteroatoms. The van der Waals surface area contributed by atoms with Crippen molar-refractivity contribution in [1.82, 2.24) is 0 Å². The number of hydrogen-bond donors (Lipinski definition) is 0. The molecule has 0 unspecified atom stereocenters. The quantitative estimate of drug-likeness (QED) is 0.565. The van der Waals surface area contributed by atoms with Gasteiger partial charge in [0.1, 0.15) is 0 Å². The third-order valence-electron chi connectivity index (χ3n) is 3.61. The van der Waals surface area contributed by atoms with Gasteiger partial charge in [0.2, 0.25) is 0 Å². The summed E-state index contributed by atoms with van der Waals surface area (Å²) in [6, 6.07) is 0. The van der Waals surface area contributed by atoms with Gasteiger partial charge in [-0.1, -0.05) is 56.9 Å². The van der Waals surface area contributed by atoms with Crippen LogP contribution in [-0.2, 0) is 0 Å². The van der Waals surface area contributed by atoms with E-state index in [4.69, 9.17) is 0 Å². The lowest BCUT2D eigenvalue weighted by Gasteiger charge is -2.26. The molecule has 14 heavy (non-hydrogen) atoms. The van der Waals surface area contributed by atoms with Crippen molar-refractivity contribution in [1.29, 1.82) is 0 Å². The first kappa shape index (κ1) is 11.6. The van der Waals surface area contributed by atoms with Gasteiger partial charge in [-0.15, -0.1) is 0 Å². The predicted octanol–water partition coefficient (Wildman–Crippen LogP) is 4.73. The molecular weight excluding hydrogens is 168 g/mol. The van der Waals surface area contributed by atoms with E-state index >= 15 is 0 Å². The highest BCUT2D eigenvalue weighted by Gasteiger charge is 2.17. The van der Waals surface area contributed by atoms with E-state index in [2.05, 4.69) is 26.5 Å². The Balaban J connectivity index is 2.22. The van der Waals surface area contributed by atoms with Crippen molar-refractivity contribution < 1.29 is 0 Å². The van der Waals surface area contributed by atoms with E-state index in [0.29, 0.717) is 0 Å². The largest absolute Gasteiger partial charge is 0.0988 e. The first-order valence-electron chi connectivity index (χ1n) is 6.04. The Morgan fingerprint density at radius 2 is 1.93 bits per heavy atom. The zero-order valence-corrected chi connectivity index (χ0v) is 9.76. The molecule has 0 radical (unpaired) electrons. The van der Waals surface area contributed by atoms with E-state index in [1.807, 2.05) is 6.08 Å². The predicted molar refractivity (Wildman–Crippen MR) is 64.3 cm³/mol. The van der Waals surface area contributed by atoms with Crippen LogP contribution in [0.25, 0.3) is 0 Å². The summed E-state index contributed by atoms with van der Waals surface area (Å²) < 4.78 is 0. The number of hydrogen-bond acceptors (Lipinski definition) is 0. The summed E-state index contributed by atoms with van der Waals surface area (Å²) in [5, 5.41) is 0. The van der Waals surface area contributed by atoms with Gasteiger partial charge in [0, 0.05) is 0 Å². The Kier molecular flexibility index (Phi) is 5.00. The standard InChI is InChI=1S/C14H24/c1-4-13(5-2)10-11-14-8-6-12(3)7-9-14/h4-5,12,14H,1,6-11H2,2-3H3/b13-5+. The summed E-state index contributed by atoms with van der Waals surface area (Å²) in [5.41, 5.74) is 1.42. The van der Waals surface area contributed by atoms with Gasteiger partial charge in [-0.05, 0) is 31.6 Å². The molecule has 1 aliphatic carbocycles. The summed E-state index contributed by atoms with van der Waals surface area (Å²) in [7, 11) is 0. The molecular formula is C14H24. The van der Waals surface area contributed by atoms with Gasteiger partial charge in [-0.25, -0.2) is 0 Å². The monoisotopic (exact) mass is 192 g/mol. The maximum Gasteiger partial charge on any atom is -0.0280 e. The molecule has 1 aliphatic rings. The van der Waals surface area contributed by atoms with Crippen molar-refractivity contribution in [3.05, 3.63) is 24.3 Å². The molecule has 0 heterocycles. The molecule has 0 saturated heterocycles. The van der Waals surface area contributed by atoms with Crippen molar-refractivity contribution in [3.63, 3.8) is 0 Å². The fourth-order valence-electron chi connectivity index (χ4n) is 2.35. The van der Waals surface area contributed by atoms with Crippen LogP contribution in [0.3, 0.4) is 0 Å². The fourth-order valence-corrected chi connectivity index (χ4v) is 2.35. The van der Waals surface area contributed by atoms with Gasteiger partial charge in [-0.3, -0.25) is 0 Å². The molecule has 0 amide bonds. The SMILES string of the molecule is C=C/C(=C\C)CCC1CCC(C)CC1. The molecule has 0 N–H and O–H groups in total. The van der Waals surface area contributed by atoms with Gasteiger partial charge >= 0.3 is 0 Å². The average Bonchev–Trinajstić information content (AvgIpc) is 2.22. The van der Waals surface area contributed by atoms with Gasteiger partial charge < -0.3 is 0 Å². The van der Waals surface area contributed by atoms with Gasteiger partial charge in [0.15, 0.2) is 0 Å². The van der Waals surface area contributed by atoms with E-state index in [1.165, 1.54) is 44.1 Å². The maximum atomic E-state index is 3.84. The highest BCUT2D eigenvalue weighted by atomic mass is 14.2. The molecule has 1 rings (SSSR count). The molecule has 0 aliphatic heterocycles. The summed E-state index contributed by atoms with van der Waals surface area (Å²) in [5.74, 6) is 1.97. The fraction of sp³-hybridized carbons (Fsp3) is 0.714. The summed E-state index contributed by atoms with van der Waals surface area (Å²) in [4.78, 5) is 0. The van der Waals surface area contributed by atoms with E-state index < -0.39 is 0 Å². The number of allylic oxidation sites excluding steroid dienone is 3. The summed E-state index contributed by atoms with van der Waals surface area (Å²) in [6.45, 7) is 8.34. The Morgan fingerprint density at radius 1 is 1.29 bits per heavy atom. The van der Waals surface area contributed by atoms with Crippen LogP contribution in [0.2, 0.25) is 0 Å². The van der Waals surface area contributed by atoms with Crippen LogP contribution >= 0.6 is 0 Å². The molecule has 0 spiro atoms. The van der Waals surface area contributed by atoms with Crippen LogP contribution in [0.5, 0.6) is 0 Å². The van der Waals surface area contributed by atoms with Gasteiger partial charge in [0.25, 0.3) is 0 Å². The van der Waals surface area contributed by atoms with Crippen LogP contribution in [0, 0.1) is 11.8 Å². The molecule has 1 fully saturated rings. The minimum Gasteiger partial charge on any atom is -0.0988 e. The first-order chi connectivity index (χ1) is 6.76. The van der Waals surface area contributed by atoms with Crippen LogP contribution in [0.15, 0.2) is 24.3 Å². The Bertz CT molecular complexity index is 192. The normalized spacial score (nSPS) is 28.9. The van der Waals surface area contributed by atoms with Crippen LogP contribution in [0.4, 0.5) is 0 Å². The van der Waals surface area contributed by atoms with Crippen molar-refractivity contribution in [3.8, 4) is 0 Å². The molecule has 0 atom stereocenters. The van der Waals surface area contributed by atoms with Crippen molar-refractivity contribution >= 4 is 0 Å². The lowest BCUT2D eigenvalue weighted by Crippen LogP contribution is -2.12. The van der Waals surface area contributed by atoms with E-state index in [-0.39, 0.29) is 0 Å². The molecule has 0 aromatic rings. The summed E-state index contributed by atoms with van der Waals surface area (Å²) in [6.07, 6.45) is 12.6. The van der Waals surface area contributed by atoms with Crippen LogP contribution in [0.1, 0.15) is 52.4 Å². The molecule has 0 nitrogen and oxygen atoms in total. The second-order valence-corrected chi connectivity index (χ2v) is 4.73. The first-order valence-corrected chi connectivity index (χ1v) is 6.04. The minimum absolute atomic E-state index is 0.979. The second-order valence-electron chi connectivity index (χ2n) is 4.73. The van der Waals surface area contributed by atoms with Crippen molar-refractivity contribution in [2.24, 2.45) is 11.8 Å². The average molecular weight is 192 g/mol. The molecule has 80 valence electrons. The Hall–Kier alpha value is -0.520. The van der Waals surface area contributed by atoms with Gasteiger partial charge in [0.05, 0.1) is 0 Å². The van der Waals surface area contributed by atoms with Crippen molar-refractivity contribution in [2.75, 3.05) is 0 Å². The Labute approximate surface area is 89.1 Å². The third kappa shape index (κ3) is 3.69. The molecule has 1 saturated carbocycles. The molecule has 0 aromatic heterocycles. The lowest BCUT2D eigenvalue weighted by atomic mass is 9.80. The smallest absolute Gasteiger partial charge is 0.0280 e. The lowest BCUT2D eigenvalue weighted by molar-refractivity contribution is 0.278. The van der Waals surface area contributed by atoms with Crippen LogP contribution < -0.4 is 0 Å². The van der Waals surface area contributed by atoms with Crippen molar-refractivity contribution in [2.45, 2.75) is 52.4 Å². The minimum atomic E-state index is 0.979. The summed E-state index contributed by atoms with van der Waals surface area (Å²) >= 11 is 0. The zero-order valence-electron chi connectivity index (χ0n) is 9.76. The van der Waals surface area contributed by atoms with Gasteiger partial charge in [-0.2, -0.15) is 0 Å². The highest BCUT2D eigenvalue weighted by Crippen LogP contribution is 2.31. The maximum absolute atomic E-state index is 3.84. The second kappa shape index (κ2) is 6.06. The van der Waals surface area contributed by atoms with Crippen LogP contribution in [-0.4, -0.2) is 0 Å². The third-order valence-corrected chi connectivity index (χ3v) is 3.61. The zero-order chi connectivity index (χ0) is 10.4. The Morgan fingerprint density at radius 3 is 2.43 bits per heavy atom. The highest BCUT2D eigenvalue weighted by molar-refractivity contribution is 5.14. The van der Waals surface area contributed by atoms with E-state index in [1.54, 1.807) is 0 Å². The molecule has 0 bridgehead atoms. The molecule has 0 aromatic carbocycles. The van der Waals surface area contributed by atoms with E-state index in [9.17, 15) is 0 Å². The topological polar surface area (TPSA) is 0 Å². The number of rotatable bonds is 4. The van der Waals surface area contributed by atoms with E-state index in [0.717, 1.165) is 11.8 Å².